The SMILES string of the molecule is CNC(=O)CC1(O)CCCN(C(=O)c2cnc3ccccc3n2)C1. The Kier molecular flexibility index (Phi) is 4.44. The van der Waals surface area contributed by atoms with E-state index in [1.165, 1.54) is 13.2 Å². The lowest BCUT2D eigenvalue weighted by atomic mass is 9.89. The molecule has 2 aromatic rings. The molecule has 1 aromatic heterocycles. The second-order valence-corrected chi connectivity index (χ2v) is 6.15. The van der Waals surface area contributed by atoms with Crippen molar-refractivity contribution in [1.82, 2.24) is 20.2 Å². The molecule has 7 heteroatoms. The first-order valence-corrected chi connectivity index (χ1v) is 7.95. The Hall–Kier alpha value is -2.54. The van der Waals surface area contributed by atoms with Crippen LogP contribution in [0.3, 0.4) is 0 Å². The number of rotatable bonds is 3. The third-order valence-electron chi connectivity index (χ3n) is 4.28. The number of hydrogen-bond donors (Lipinski definition) is 2. The Bertz CT molecular complexity index is 779. The summed E-state index contributed by atoms with van der Waals surface area (Å²) in [6, 6.07) is 7.34. The molecule has 1 aliphatic rings. The quantitative estimate of drug-likeness (QED) is 0.866. The van der Waals surface area contributed by atoms with Crippen LogP contribution < -0.4 is 5.32 Å². The molecule has 3 rings (SSSR count). The molecule has 1 fully saturated rings. The van der Waals surface area contributed by atoms with Crippen molar-refractivity contribution in [2.45, 2.75) is 24.9 Å². The van der Waals surface area contributed by atoms with E-state index < -0.39 is 5.60 Å². The van der Waals surface area contributed by atoms with Gasteiger partial charge in [-0.05, 0) is 25.0 Å². The lowest BCUT2D eigenvalue weighted by Gasteiger charge is -2.38. The van der Waals surface area contributed by atoms with Gasteiger partial charge in [0.25, 0.3) is 5.91 Å². The molecule has 0 bridgehead atoms. The summed E-state index contributed by atoms with van der Waals surface area (Å²) in [5.74, 6) is -0.513. The molecule has 7 nitrogen and oxygen atoms in total. The van der Waals surface area contributed by atoms with Gasteiger partial charge in [0, 0.05) is 13.6 Å². The Morgan fingerprint density at radius 1 is 1.33 bits per heavy atom. The van der Waals surface area contributed by atoms with Gasteiger partial charge in [0.15, 0.2) is 0 Å². The van der Waals surface area contributed by atoms with E-state index >= 15 is 0 Å². The van der Waals surface area contributed by atoms with E-state index in [1.807, 2.05) is 18.2 Å². The van der Waals surface area contributed by atoms with Crippen LogP contribution in [0.2, 0.25) is 0 Å². The first-order chi connectivity index (χ1) is 11.5. The zero-order valence-electron chi connectivity index (χ0n) is 13.5. The molecule has 0 saturated carbocycles. The van der Waals surface area contributed by atoms with Crippen molar-refractivity contribution in [3.05, 3.63) is 36.2 Å². The van der Waals surface area contributed by atoms with Crippen molar-refractivity contribution >= 4 is 22.8 Å². The standard InChI is InChI=1S/C17H20N4O3/c1-18-15(22)9-17(24)7-4-8-21(11-17)16(23)14-10-19-12-5-2-3-6-13(12)20-14/h2-3,5-6,10,24H,4,7-9,11H2,1H3,(H,18,22). The zero-order chi connectivity index (χ0) is 17.2. The van der Waals surface area contributed by atoms with Gasteiger partial charge in [0.2, 0.25) is 5.91 Å². The molecule has 1 atom stereocenters. The van der Waals surface area contributed by atoms with Crippen molar-refractivity contribution in [3.8, 4) is 0 Å². The number of piperidine rings is 1. The van der Waals surface area contributed by atoms with Crippen LogP contribution in [-0.4, -0.2) is 57.5 Å². The first-order valence-electron chi connectivity index (χ1n) is 7.95. The normalized spacial score (nSPS) is 20.8. The molecule has 126 valence electrons. The van der Waals surface area contributed by atoms with Crippen LogP contribution >= 0.6 is 0 Å². The highest BCUT2D eigenvalue weighted by Gasteiger charge is 2.37. The van der Waals surface area contributed by atoms with Gasteiger partial charge in [-0.2, -0.15) is 0 Å². The second kappa shape index (κ2) is 6.52. The van der Waals surface area contributed by atoms with Gasteiger partial charge in [-0.1, -0.05) is 12.1 Å². The molecule has 0 radical (unpaired) electrons. The summed E-state index contributed by atoms with van der Waals surface area (Å²) in [5.41, 5.74) is 0.431. The molecule has 2 amide bonds. The molecule has 0 aliphatic carbocycles. The van der Waals surface area contributed by atoms with Crippen LogP contribution in [0.15, 0.2) is 30.5 Å². The average Bonchev–Trinajstić information content (AvgIpc) is 2.60. The van der Waals surface area contributed by atoms with Crippen molar-refractivity contribution in [3.63, 3.8) is 0 Å². The van der Waals surface area contributed by atoms with E-state index in [2.05, 4.69) is 15.3 Å². The Morgan fingerprint density at radius 2 is 2.08 bits per heavy atom. The first kappa shape index (κ1) is 16.3. The minimum atomic E-state index is -1.20. The predicted molar refractivity (Wildman–Crippen MR) is 88.3 cm³/mol. The Morgan fingerprint density at radius 3 is 2.83 bits per heavy atom. The molecule has 0 spiro atoms. The summed E-state index contributed by atoms with van der Waals surface area (Å²) in [7, 11) is 1.53. The third-order valence-corrected chi connectivity index (χ3v) is 4.28. The molecular weight excluding hydrogens is 308 g/mol. The molecular formula is C17H20N4O3. The number of para-hydroxylation sites is 2. The number of benzene rings is 1. The lowest BCUT2D eigenvalue weighted by Crippen LogP contribution is -2.52. The minimum Gasteiger partial charge on any atom is -0.388 e. The van der Waals surface area contributed by atoms with Gasteiger partial charge in [0.1, 0.15) is 5.69 Å². The monoisotopic (exact) mass is 328 g/mol. The summed E-state index contributed by atoms with van der Waals surface area (Å²) in [6.45, 7) is 0.650. The van der Waals surface area contributed by atoms with Gasteiger partial charge in [-0.15, -0.1) is 0 Å². The number of aliphatic hydroxyl groups is 1. The molecule has 1 saturated heterocycles. The van der Waals surface area contributed by atoms with Gasteiger partial charge < -0.3 is 15.3 Å². The average molecular weight is 328 g/mol. The Labute approximate surface area is 139 Å². The largest absolute Gasteiger partial charge is 0.388 e. The van der Waals surface area contributed by atoms with Gasteiger partial charge in [-0.3, -0.25) is 14.6 Å². The maximum atomic E-state index is 12.7. The maximum absolute atomic E-state index is 12.7. The molecule has 24 heavy (non-hydrogen) atoms. The van der Waals surface area contributed by atoms with E-state index in [1.54, 1.807) is 11.0 Å². The lowest BCUT2D eigenvalue weighted by molar-refractivity contribution is -0.127. The highest BCUT2D eigenvalue weighted by atomic mass is 16.3. The van der Waals surface area contributed by atoms with E-state index in [0.29, 0.717) is 24.9 Å². The van der Waals surface area contributed by atoms with Crippen molar-refractivity contribution < 1.29 is 14.7 Å². The minimum absolute atomic E-state index is 0.0172. The number of carbonyl (C=O) groups is 2. The highest BCUT2D eigenvalue weighted by molar-refractivity contribution is 5.94. The van der Waals surface area contributed by atoms with E-state index in [-0.39, 0.29) is 30.5 Å². The van der Waals surface area contributed by atoms with Crippen LogP contribution in [0.25, 0.3) is 11.0 Å². The zero-order valence-corrected chi connectivity index (χ0v) is 13.5. The van der Waals surface area contributed by atoms with Crippen LogP contribution in [0, 0.1) is 0 Å². The fourth-order valence-corrected chi connectivity index (χ4v) is 3.04. The number of fused-ring (bicyclic) bond motifs is 1. The smallest absolute Gasteiger partial charge is 0.274 e. The summed E-state index contributed by atoms with van der Waals surface area (Å²) >= 11 is 0. The topological polar surface area (TPSA) is 95.4 Å². The highest BCUT2D eigenvalue weighted by Crippen LogP contribution is 2.25. The van der Waals surface area contributed by atoms with Crippen LogP contribution in [0.4, 0.5) is 0 Å². The number of hydrogen-bond acceptors (Lipinski definition) is 5. The molecule has 1 aromatic carbocycles. The molecule has 1 unspecified atom stereocenters. The van der Waals surface area contributed by atoms with Crippen LogP contribution in [0.1, 0.15) is 29.8 Å². The number of likely N-dealkylation sites (tertiary alicyclic amines) is 1. The fourth-order valence-electron chi connectivity index (χ4n) is 3.04. The Balaban J connectivity index is 1.79. The number of nitrogens with one attached hydrogen (secondary N) is 1. The fraction of sp³-hybridized carbons (Fsp3) is 0.412. The van der Waals surface area contributed by atoms with E-state index in [4.69, 9.17) is 0 Å². The summed E-state index contributed by atoms with van der Waals surface area (Å²) in [5, 5.41) is 13.1. The number of nitrogens with zero attached hydrogens (tertiary/aromatic N) is 3. The van der Waals surface area contributed by atoms with E-state index in [9.17, 15) is 14.7 Å². The second-order valence-electron chi connectivity index (χ2n) is 6.15. The van der Waals surface area contributed by atoms with Gasteiger partial charge in [0.05, 0.1) is 35.8 Å². The number of β-amino-alcohol motifs (C(OH)–C–C–N with tert-alkyl or cyclic N) is 1. The van der Waals surface area contributed by atoms with Gasteiger partial charge >= 0.3 is 0 Å². The van der Waals surface area contributed by atoms with Gasteiger partial charge in [-0.25, -0.2) is 4.98 Å². The summed E-state index contributed by atoms with van der Waals surface area (Å²) < 4.78 is 0. The molecule has 1 aliphatic heterocycles. The van der Waals surface area contributed by atoms with Crippen LogP contribution in [0.5, 0.6) is 0 Å². The van der Waals surface area contributed by atoms with Crippen molar-refractivity contribution in [2.75, 3.05) is 20.1 Å². The summed E-state index contributed by atoms with van der Waals surface area (Å²) in [6.07, 6.45) is 2.57. The van der Waals surface area contributed by atoms with Crippen LogP contribution in [-0.2, 0) is 4.79 Å². The number of amides is 2. The van der Waals surface area contributed by atoms with Crippen molar-refractivity contribution in [2.24, 2.45) is 0 Å². The molecule has 2 N–H and O–H groups in total. The molecule has 2 heterocycles. The summed E-state index contributed by atoms with van der Waals surface area (Å²) in [4.78, 5) is 34.4. The number of aromatic nitrogens is 2. The van der Waals surface area contributed by atoms with Crippen molar-refractivity contribution in [1.29, 1.82) is 0 Å². The number of carbonyl (C=O) groups excluding carboxylic acids is 2. The predicted octanol–water partition coefficient (Wildman–Crippen LogP) is 0.733. The van der Waals surface area contributed by atoms with E-state index in [0.717, 1.165) is 5.52 Å². The maximum Gasteiger partial charge on any atom is 0.274 e. The third kappa shape index (κ3) is 3.35.